The zero-order valence-corrected chi connectivity index (χ0v) is 12.4. The molecule has 0 atom stereocenters. The van der Waals surface area contributed by atoms with Crippen LogP contribution < -0.4 is 0 Å². The molecule has 3 rings (SSSR count). The van der Waals surface area contributed by atoms with E-state index in [1.54, 1.807) is 12.1 Å². The van der Waals surface area contributed by atoms with Crippen LogP contribution in [0.4, 0.5) is 0 Å². The van der Waals surface area contributed by atoms with E-state index in [-0.39, 0.29) is 5.92 Å². The van der Waals surface area contributed by atoms with Gasteiger partial charge in [0.2, 0.25) is 10.0 Å². The number of sulfonamides is 1. The van der Waals surface area contributed by atoms with Crippen molar-refractivity contribution in [1.82, 2.24) is 4.31 Å². The minimum atomic E-state index is -3.46. The molecule has 0 saturated carbocycles. The van der Waals surface area contributed by atoms with Crippen LogP contribution in [0.3, 0.4) is 0 Å². The molecule has 2 aromatic rings. The molecule has 0 N–H and O–H groups in total. The van der Waals surface area contributed by atoms with Gasteiger partial charge in [-0.1, -0.05) is 30.3 Å². The summed E-state index contributed by atoms with van der Waals surface area (Å²) in [5.74, 6) is -0.0203. The molecule has 21 heavy (non-hydrogen) atoms. The van der Waals surface area contributed by atoms with E-state index in [4.69, 9.17) is 5.26 Å². The third-order valence-electron chi connectivity index (χ3n) is 4.00. The predicted octanol–water partition coefficient (Wildman–Crippen LogP) is 2.76. The topological polar surface area (TPSA) is 61.2 Å². The molecular formula is C16H16N2O2S. The summed E-state index contributed by atoms with van der Waals surface area (Å²) in [6.45, 7) is 0.848. The zero-order chi connectivity index (χ0) is 14.9. The summed E-state index contributed by atoms with van der Waals surface area (Å²) in [4.78, 5) is 0.330. The van der Waals surface area contributed by atoms with Gasteiger partial charge in [0.05, 0.1) is 11.0 Å². The van der Waals surface area contributed by atoms with E-state index in [0.717, 1.165) is 10.8 Å². The maximum Gasteiger partial charge on any atom is 0.243 e. The van der Waals surface area contributed by atoms with Crippen molar-refractivity contribution in [2.24, 2.45) is 5.92 Å². The van der Waals surface area contributed by atoms with E-state index < -0.39 is 10.0 Å². The lowest BCUT2D eigenvalue weighted by molar-refractivity contribution is 0.310. The van der Waals surface area contributed by atoms with Crippen LogP contribution in [0.25, 0.3) is 10.8 Å². The standard InChI is InChI=1S/C16H16N2O2S/c17-12-13-7-9-18(10-8-13)21(19,20)16-6-5-14-3-1-2-4-15(14)11-16/h1-6,11,13H,7-10H2. The second-order valence-corrected chi connectivity index (χ2v) is 7.25. The molecule has 2 aromatic carbocycles. The van der Waals surface area contributed by atoms with Crippen molar-refractivity contribution in [3.05, 3.63) is 42.5 Å². The average Bonchev–Trinajstić information content (AvgIpc) is 2.54. The fraction of sp³-hybridized carbons (Fsp3) is 0.312. The third-order valence-corrected chi connectivity index (χ3v) is 5.89. The van der Waals surface area contributed by atoms with Gasteiger partial charge < -0.3 is 0 Å². The minimum absolute atomic E-state index is 0.0203. The zero-order valence-electron chi connectivity index (χ0n) is 11.6. The molecule has 1 aliphatic rings. The second-order valence-electron chi connectivity index (χ2n) is 5.32. The first-order valence-electron chi connectivity index (χ1n) is 7.00. The summed E-state index contributed by atoms with van der Waals surface area (Å²) >= 11 is 0. The Bertz CT molecular complexity index is 800. The predicted molar refractivity (Wildman–Crippen MR) is 81.0 cm³/mol. The van der Waals surface area contributed by atoms with Gasteiger partial charge in [0.15, 0.2) is 0 Å². The second kappa shape index (κ2) is 5.47. The Morgan fingerprint density at radius 2 is 1.71 bits per heavy atom. The van der Waals surface area contributed by atoms with Gasteiger partial charge in [0, 0.05) is 19.0 Å². The summed E-state index contributed by atoms with van der Waals surface area (Å²) in [6, 6.07) is 15.1. The molecule has 0 amide bonds. The lowest BCUT2D eigenvalue weighted by Crippen LogP contribution is -2.38. The summed E-state index contributed by atoms with van der Waals surface area (Å²) in [6.07, 6.45) is 1.23. The molecule has 0 spiro atoms. The molecule has 1 heterocycles. The van der Waals surface area contributed by atoms with E-state index in [1.807, 2.05) is 30.3 Å². The number of piperidine rings is 1. The molecule has 0 aromatic heterocycles. The van der Waals surface area contributed by atoms with Crippen LogP contribution in [0, 0.1) is 17.2 Å². The Hall–Kier alpha value is -1.90. The van der Waals surface area contributed by atoms with Crippen LogP contribution in [-0.4, -0.2) is 25.8 Å². The fourth-order valence-electron chi connectivity index (χ4n) is 2.70. The van der Waals surface area contributed by atoms with Crippen LogP contribution in [0.5, 0.6) is 0 Å². The smallest absolute Gasteiger partial charge is 0.207 e. The van der Waals surface area contributed by atoms with Gasteiger partial charge in [-0.2, -0.15) is 9.57 Å². The SMILES string of the molecule is N#CC1CCN(S(=O)(=O)c2ccc3ccccc3c2)CC1. The van der Waals surface area contributed by atoms with Crippen molar-refractivity contribution in [2.75, 3.05) is 13.1 Å². The van der Waals surface area contributed by atoms with Crippen molar-refractivity contribution in [3.63, 3.8) is 0 Å². The lowest BCUT2D eigenvalue weighted by Gasteiger charge is -2.28. The fourth-order valence-corrected chi connectivity index (χ4v) is 4.21. The number of benzene rings is 2. The third kappa shape index (κ3) is 2.65. The Morgan fingerprint density at radius 3 is 2.38 bits per heavy atom. The van der Waals surface area contributed by atoms with Crippen molar-refractivity contribution in [2.45, 2.75) is 17.7 Å². The normalized spacial score (nSPS) is 17.7. The van der Waals surface area contributed by atoms with Crippen LogP contribution in [0.2, 0.25) is 0 Å². The molecular weight excluding hydrogens is 284 g/mol. The molecule has 108 valence electrons. The number of fused-ring (bicyclic) bond motifs is 1. The van der Waals surface area contributed by atoms with Gasteiger partial charge in [-0.25, -0.2) is 8.42 Å². The van der Waals surface area contributed by atoms with Crippen LogP contribution in [0.15, 0.2) is 47.4 Å². The highest BCUT2D eigenvalue weighted by Gasteiger charge is 2.29. The minimum Gasteiger partial charge on any atom is -0.207 e. The molecule has 0 unspecified atom stereocenters. The van der Waals surface area contributed by atoms with E-state index >= 15 is 0 Å². The maximum atomic E-state index is 12.7. The summed E-state index contributed by atoms with van der Waals surface area (Å²) in [5.41, 5.74) is 0. The van der Waals surface area contributed by atoms with Crippen molar-refractivity contribution in [3.8, 4) is 6.07 Å². The van der Waals surface area contributed by atoms with E-state index in [0.29, 0.717) is 30.8 Å². The highest BCUT2D eigenvalue weighted by atomic mass is 32.2. The average molecular weight is 300 g/mol. The van der Waals surface area contributed by atoms with Crippen molar-refractivity contribution >= 4 is 20.8 Å². The Balaban J connectivity index is 1.92. The number of hydrogen-bond donors (Lipinski definition) is 0. The highest BCUT2D eigenvalue weighted by Crippen LogP contribution is 2.25. The number of rotatable bonds is 2. The van der Waals surface area contributed by atoms with Crippen LogP contribution in [-0.2, 0) is 10.0 Å². The Labute approximate surface area is 124 Å². The highest BCUT2D eigenvalue weighted by molar-refractivity contribution is 7.89. The Kier molecular flexibility index (Phi) is 3.66. The summed E-state index contributed by atoms with van der Waals surface area (Å²) in [7, 11) is -3.46. The van der Waals surface area contributed by atoms with E-state index in [2.05, 4.69) is 6.07 Å². The monoisotopic (exact) mass is 300 g/mol. The lowest BCUT2D eigenvalue weighted by atomic mass is 10.0. The number of hydrogen-bond acceptors (Lipinski definition) is 3. The molecule has 5 heteroatoms. The van der Waals surface area contributed by atoms with E-state index in [9.17, 15) is 8.42 Å². The molecule has 1 fully saturated rings. The maximum absolute atomic E-state index is 12.7. The number of nitriles is 1. The van der Waals surface area contributed by atoms with Crippen molar-refractivity contribution < 1.29 is 8.42 Å². The Morgan fingerprint density at radius 1 is 1.05 bits per heavy atom. The van der Waals surface area contributed by atoms with Gasteiger partial charge >= 0.3 is 0 Å². The summed E-state index contributed by atoms with van der Waals surface area (Å²) < 4.78 is 26.8. The molecule has 0 radical (unpaired) electrons. The first kappa shape index (κ1) is 14.1. The largest absolute Gasteiger partial charge is 0.243 e. The first-order valence-corrected chi connectivity index (χ1v) is 8.44. The van der Waals surface area contributed by atoms with E-state index in [1.165, 1.54) is 4.31 Å². The van der Waals surface area contributed by atoms with Gasteiger partial charge in [-0.15, -0.1) is 0 Å². The summed E-state index contributed by atoms with van der Waals surface area (Å²) in [5, 5.41) is 10.8. The molecule has 0 aliphatic carbocycles. The molecule has 1 saturated heterocycles. The van der Waals surface area contributed by atoms with Crippen LogP contribution >= 0.6 is 0 Å². The molecule has 0 bridgehead atoms. The van der Waals surface area contributed by atoms with Crippen molar-refractivity contribution in [1.29, 1.82) is 5.26 Å². The van der Waals surface area contributed by atoms with Gasteiger partial charge in [0.1, 0.15) is 0 Å². The van der Waals surface area contributed by atoms with Gasteiger partial charge in [0.25, 0.3) is 0 Å². The van der Waals surface area contributed by atoms with Gasteiger partial charge in [-0.3, -0.25) is 0 Å². The molecule has 1 aliphatic heterocycles. The first-order chi connectivity index (χ1) is 10.1. The quantitative estimate of drug-likeness (QED) is 0.856. The number of nitrogens with zero attached hydrogens (tertiary/aromatic N) is 2. The molecule has 4 nitrogen and oxygen atoms in total. The van der Waals surface area contributed by atoms with Crippen LogP contribution in [0.1, 0.15) is 12.8 Å². The van der Waals surface area contributed by atoms with Gasteiger partial charge in [-0.05, 0) is 35.7 Å².